The van der Waals surface area contributed by atoms with Crippen molar-refractivity contribution in [1.29, 1.82) is 0 Å². The number of alkyl halides is 1. The highest BCUT2D eigenvalue weighted by Crippen LogP contribution is 2.45. The number of halogens is 1. The highest BCUT2D eigenvalue weighted by Gasteiger charge is 2.36. The van der Waals surface area contributed by atoms with Crippen molar-refractivity contribution in [3.8, 4) is 0 Å². The Labute approximate surface area is 214 Å². The molecule has 3 aromatic carbocycles. The number of nitrogens with one attached hydrogen (secondary N) is 2. The molecule has 3 heterocycles. The van der Waals surface area contributed by atoms with Crippen molar-refractivity contribution in [2.24, 2.45) is 5.73 Å². The Morgan fingerprint density at radius 1 is 1.17 bits per heavy atom. The number of benzene rings is 3. The maximum absolute atomic E-state index is 13.9. The Morgan fingerprint density at radius 3 is 2.67 bits per heavy atom. The number of anilines is 3. The standard InChI is InChI=1S/C28H30ClN5O2/c1-15(2)31-22-12-25-26(19-6-4-3-5-17(19)22)16(13-29)14-34(25)27(35)23-11-20-18-9-10-33(28(30)36)24(18)8-7-21(20)32-23/h3-8,11-12,15-16,28,31-32,36H,9-10,13-14,30H2,1-2H3/t16-,28?/m1/s1. The van der Waals surface area contributed by atoms with Crippen LogP contribution in [0.2, 0.25) is 0 Å². The fraction of sp³-hybridized carbons (Fsp3) is 0.321. The lowest BCUT2D eigenvalue weighted by atomic mass is 9.95. The van der Waals surface area contributed by atoms with Gasteiger partial charge in [-0.1, -0.05) is 24.3 Å². The van der Waals surface area contributed by atoms with E-state index in [0.717, 1.165) is 56.3 Å². The van der Waals surface area contributed by atoms with Gasteiger partial charge >= 0.3 is 0 Å². The summed E-state index contributed by atoms with van der Waals surface area (Å²) in [6.07, 6.45) is -0.274. The van der Waals surface area contributed by atoms with E-state index in [0.29, 0.717) is 24.7 Å². The van der Waals surface area contributed by atoms with Gasteiger partial charge in [0.1, 0.15) is 5.69 Å². The van der Waals surface area contributed by atoms with Crippen LogP contribution in [0.4, 0.5) is 17.1 Å². The number of nitrogens with zero attached hydrogens (tertiary/aromatic N) is 2. The number of rotatable bonds is 5. The van der Waals surface area contributed by atoms with Crippen LogP contribution < -0.4 is 20.9 Å². The zero-order valence-electron chi connectivity index (χ0n) is 20.4. The fourth-order valence-electron chi connectivity index (χ4n) is 5.87. The maximum Gasteiger partial charge on any atom is 0.274 e. The van der Waals surface area contributed by atoms with E-state index in [2.05, 4.69) is 42.3 Å². The summed E-state index contributed by atoms with van der Waals surface area (Å²) in [5, 5.41) is 16.7. The smallest absolute Gasteiger partial charge is 0.274 e. The Balaban J connectivity index is 1.45. The minimum absolute atomic E-state index is 0.0526. The molecular formula is C28H30ClN5O2. The number of aromatic nitrogens is 1. The van der Waals surface area contributed by atoms with E-state index in [-0.39, 0.29) is 17.9 Å². The van der Waals surface area contributed by atoms with Gasteiger partial charge in [0, 0.05) is 58.6 Å². The first kappa shape index (κ1) is 23.2. The molecule has 0 saturated carbocycles. The van der Waals surface area contributed by atoms with Crippen molar-refractivity contribution in [2.45, 2.75) is 38.6 Å². The summed E-state index contributed by atoms with van der Waals surface area (Å²) in [7, 11) is 0. The van der Waals surface area contributed by atoms with Crippen molar-refractivity contribution in [1.82, 2.24) is 4.98 Å². The van der Waals surface area contributed by atoms with Crippen molar-refractivity contribution in [3.63, 3.8) is 0 Å². The first-order chi connectivity index (χ1) is 17.4. The third-order valence-electron chi connectivity index (χ3n) is 7.39. The molecular weight excluding hydrogens is 474 g/mol. The molecule has 36 heavy (non-hydrogen) atoms. The van der Waals surface area contributed by atoms with Gasteiger partial charge in [0.15, 0.2) is 6.35 Å². The van der Waals surface area contributed by atoms with Gasteiger partial charge < -0.3 is 25.2 Å². The first-order valence-electron chi connectivity index (χ1n) is 12.4. The molecule has 5 N–H and O–H groups in total. The number of aromatic amines is 1. The third-order valence-corrected chi connectivity index (χ3v) is 7.77. The van der Waals surface area contributed by atoms with Crippen molar-refractivity contribution >= 4 is 56.2 Å². The van der Waals surface area contributed by atoms with Crippen molar-refractivity contribution in [2.75, 3.05) is 34.1 Å². The molecule has 2 atom stereocenters. The lowest BCUT2D eigenvalue weighted by Crippen LogP contribution is -2.40. The molecule has 0 saturated heterocycles. The fourth-order valence-corrected chi connectivity index (χ4v) is 6.12. The summed E-state index contributed by atoms with van der Waals surface area (Å²) in [6, 6.07) is 16.5. The first-order valence-corrected chi connectivity index (χ1v) is 13.0. The van der Waals surface area contributed by atoms with Gasteiger partial charge in [-0.2, -0.15) is 0 Å². The molecule has 6 rings (SSSR count). The van der Waals surface area contributed by atoms with E-state index < -0.39 is 6.35 Å². The van der Waals surface area contributed by atoms with Crippen LogP contribution in [0.5, 0.6) is 0 Å². The largest absolute Gasteiger partial charge is 0.382 e. The number of hydrogen-bond acceptors (Lipinski definition) is 5. The molecule has 2 aliphatic rings. The van der Waals surface area contributed by atoms with Gasteiger partial charge in [-0.3, -0.25) is 10.5 Å². The number of aliphatic hydroxyl groups excluding tert-OH is 1. The summed E-state index contributed by atoms with van der Waals surface area (Å²) in [5.41, 5.74) is 12.3. The number of carbonyl (C=O) groups is 1. The summed E-state index contributed by atoms with van der Waals surface area (Å²) >= 11 is 6.45. The van der Waals surface area contributed by atoms with E-state index in [1.807, 2.05) is 35.2 Å². The summed E-state index contributed by atoms with van der Waals surface area (Å²) in [6.45, 7) is 5.41. The lowest BCUT2D eigenvalue weighted by molar-refractivity contribution is 0.0984. The maximum atomic E-state index is 13.9. The lowest BCUT2D eigenvalue weighted by Gasteiger charge is -2.22. The summed E-state index contributed by atoms with van der Waals surface area (Å²) in [4.78, 5) is 20.9. The van der Waals surface area contributed by atoms with E-state index in [1.54, 1.807) is 4.90 Å². The van der Waals surface area contributed by atoms with Gasteiger partial charge in [-0.05, 0) is 61.0 Å². The third kappa shape index (κ3) is 3.53. The van der Waals surface area contributed by atoms with E-state index in [9.17, 15) is 9.90 Å². The van der Waals surface area contributed by atoms with Crippen LogP contribution >= 0.6 is 11.6 Å². The summed E-state index contributed by atoms with van der Waals surface area (Å²) in [5.74, 6) is 0.417. The molecule has 7 nitrogen and oxygen atoms in total. The quantitative estimate of drug-likeness (QED) is 0.233. The summed E-state index contributed by atoms with van der Waals surface area (Å²) < 4.78 is 0. The van der Waals surface area contributed by atoms with Gasteiger partial charge in [0.2, 0.25) is 0 Å². The van der Waals surface area contributed by atoms with Crippen LogP contribution in [0.15, 0.2) is 48.5 Å². The van der Waals surface area contributed by atoms with E-state index in [1.165, 1.54) is 0 Å². The molecule has 186 valence electrons. The number of amides is 1. The molecule has 0 bridgehead atoms. The average Bonchev–Trinajstić information content (AvgIpc) is 3.57. The predicted molar refractivity (Wildman–Crippen MR) is 147 cm³/mol. The Bertz CT molecular complexity index is 1490. The van der Waals surface area contributed by atoms with Crippen LogP contribution in [0.3, 0.4) is 0 Å². The zero-order chi connectivity index (χ0) is 25.1. The SMILES string of the molecule is CC(C)Nc1cc2c(c3ccccc13)[C@H](CCl)CN2C(=O)c1cc2c3c(ccc2[nH]1)N(C(N)O)CC3. The molecule has 4 aromatic rings. The number of H-pyrrole nitrogens is 1. The Morgan fingerprint density at radius 2 is 1.94 bits per heavy atom. The Kier molecular flexibility index (Phi) is 5.59. The average molecular weight is 504 g/mol. The monoisotopic (exact) mass is 503 g/mol. The molecule has 0 spiro atoms. The van der Waals surface area contributed by atoms with Gasteiger partial charge in [-0.15, -0.1) is 11.6 Å². The molecule has 1 amide bonds. The second-order valence-corrected chi connectivity index (χ2v) is 10.3. The van der Waals surface area contributed by atoms with E-state index in [4.69, 9.17) is 17.3 Å². The number of fused-ring (bicyclic) bond motifs is 6. The van der Waals surface area contributed by atoms with Crippen LogP contribution in [-0.2, 0) is 6.42 Å². The molecule has 8 heteroatoms. The molecule has 2 aliphatic heterocycles. The minimum Gasteiger partial charge on any atom is -0.382 e. The topological polar surface area (TPSA) is 97.6 Å². The molecule has 0 aliphatic carbocycles. The second-order valence-electron chi connectivity index (χ2n) is 10.0. The van der Waals surface area contributed by atoms with Crippen LogP contribution in [0, 0.1) is 0 Å². The molecule has 0 fully saturated rings. The molecule has 1 unspecified atom stereocenters. The second kappa shape index (κ2) is 8.69. The van der Waals surface area contributed by atoms with Crippen molar-refractivity contribution in [3.05, 3.63) is 65.4 Å². The van der Waals surface area contributed by atoms with E-state index >= 15 is 0 Å². The number of aliphatic hydroxyl groups is 1. The van der Waals surface area contributed by atoms with Gasteiger partial charge in [-0.25, -0.2) is 0 Å². The Hall–Kier alpha value is -3.26. The number of nitrogens with two attached hydrogens (primary N) is 1. The number of hydrogen-bond donors (Lipinski definition) is 4. The van der Waals surface area contributed by atoms with Crippen molar-refractivity contribution < 1.29 is 9.90 Å². The van der Waals surface area contributed by atoms with Crippen LogP contribution in [0.25, 0.3) is 21.7 Å². The van der Waals surface area contributed by atoms with Crippen LogP contribution in [0.1, 0.15) is 41.4 Å². The zero-order valence-corrected chi connectivity index (χ0v) is 21.1. The highest BCUT2D eigenvalue weighted by atomic mass is 35.5. The van der Waals surface area contributed by atoms with Gasteiger partial charge in [0.05, 0.1) is 5.69 Å². The normalized spacial score (nSPS) is 17.8. The van der Waals surface area contributed by atoms with Crippen LogP contribution in [-0.4, -0.2) is 47.4 Å². The van der Waals surface area contributed by atoms with Gasteiger partial charge in [0.25, 0.3) is 5.91 Å². The molecule has 0 radical (unpaired) electrons. The highest BCUT2D eigenvalue weighted by molar-refractivity contribution is 6.19. The minimum atomic E-state index is -1.04. The number of carbonyl (C=O) groups excluding carboxylic acids is 1. The molecule has 1 aromatic heterocycles. The predicted octanol–water partition coefficient (Wildman–Crippen LogP) is 4.72.